The molecule has 7 nitrogen and oxygen atoms in total. The van der Waals surface area contributed by atoms with E-state index in [0.29, 0.717) is 12.1 Å². The van der Waals surface area contributed by atoms with Crippen molar-refractivity contribution in [2.24, 2.45) is 0 Å². The first kappa shape index (κ1) is 19.9. The Labute approximate surface area is 197 Å². The molecule has 7 rings (SSSR count). The molecule has 0 spiro atoms. The van der Waals surface area contributed by atoms with Gasteiger partial charge in [0.05, 0.1) is 35.9 Å². The monoisotopic (exact) mass is 450 g/mol. The molecule has 2 aromatic carbocycles. The topological polar surface area (TPSA) is 98.5 Å². The summed E-state index contributed by atoms with van der Waals surface area (Å²) in [6, 6.07) is 12.8. The van der Waals surface area contributed by atoms with Crippen LogP contribution in [0, 0.1) is 0 Å². The lowest BCUT2D eigenvalue weighted by molar-refractivity contribution is 0.104. The van der Waals surface area contributed by atoms with Crippen molar-refractivity contribution in [2.75, 3.05) is 13.1 Å². The molecule has 2 atom stereocenters. The number of aromatic amines is 2. The van der Waals surface area contributed by atoms with Gasteiger partial charge in [-0.1, -0.05) is 24.3 Å². The lowest BCUT2D eigenvalue weighted by atomic mass is 10.0. The smallest absolute Gasteiger partial charge is 0.194 e. The van der Waals surface area contributed by atoms with Gasteiger partial charge in [-0.05, 0) is 62.0 Å². The molecule has 34 heavy (non-hydrogen) atoms. The standard InChI is InChI=1S/C27H26N6O/c34-25-19-11-15(23-13-30-26(32-23)21-3-1-9-28-21)5-7-17(19)18-8-6-16(12-20(18)25)24-14-31-27(33-24)22-4-2-10-29-22/h5-8,11-14,21-22,28-29H,1-4,9-10H2,(H,30,32)(H,31,33)/t21-,22-/m0/s1. The molecule has 7 heteroatoms. The van der Waals surface area contributed by atoms with Crippen LogP contribution in [0.1, 0.15) is 65.3 Å². The highest BCUT2D eigenvalue weighted by molar-refractivity contribution is 6.22. The number of nitrogens with one attached hydrogen (secondary N) is 4. The first-order valence-corrected chi connectivity index (χ1v) is 12.1. The number of fused-ring (bicyclic) bond motifs is 3. The second kappa shape index (κ2) is 7.75. The molecular formula is C27H26N6O. The number of hydrogen-bond donors (Lipinski definition) is 4. The summed E-state index contributed by atoms with van der Waals surface area (Å²) in [6.45, 7) is 2.07. The normalized spacial score (nSPS) is 21.2. The van der Waals surface area contributed by atoms with E-state index in [4.69, 9.17) is 0 Å². The van der Waals surface area contributed by atoms with Gasteiger partial charge in [0, 0.05) is 22.3 Å². The molecular weight excluding hydrogens is 424 g/mol. The minimum atomic E-state index is 0.0723. The molecule has 2 aliphatic heterocycles. The summed E-state index contributed by atoms with van der Waals surface area (Å²) in [5, 5.41) is 6.95. The highest BCUT2D eigenvalue weighted by atomic mass is 16.1. The van der Waals surface area contributed by atoms with Crippen LogP contribution in [0.2, 0.25) is 0 Å². The first-order chi connectivity index (χ1) is 16.7. The number of carbonyl (C=O) groups is 1. The lowest BCUT2D eigenvalue weighted by Crippen LogP contribution is -2.14. The number of nitrogens with zero attached hydrogens (tertiary/aromatic N) is 2. The maximum absolute atomic E-state index is 13.4. The number of rotatable bonds is 4. The van der Waals surface area contributed by atoms with Crippen LogP contribution in [0.25, 0.3) is 33.6 Å². The van der Waals surface area contributed by atoms with Crippen LogP contribution in [0.15, 0.2) is 48.8 Å². The van der Waals surface area contributed by atoms with E-state index < -0.39 is 0 Å². The molecule has 0 saturated carbocycles. The number of H-pyrrole nitrogens is 2. The molecule has 0 unspecified atom stereocenters. The summed E-state index contributed by atoms with van der Waals surface area (Å²) in [5.41, 5.74) is 7.35. The maximum atomic E-state index is 13.4. The zero-order chi connectivity index (χ0) is 22.6. The predicted octanol–water partition coefficient (Wildman–Crippen LogP) is 4.53. The molecule has 2 aromatic heterocycles. The average Bonchev–Trinajstić information content (AvgIpc) is 3.69. The quantitative estimate of drug-likeness (QED) is 0.323. The summed E-state index contributed by atoms with van der Waals surface area (Å²) in [7, 11) is 0. The second-order valence-corrected chi connectivity index (χ2v) is 9.51. The number of aromatic nitrogens is 4. The van der Waals surface area contributed by atoms with E-state index in [1.54, 1.807) is 0 Å². The van der Waals surface area contributed by atoms with E-state index in [1.807, 2.05) is 24.5 Å². The Bertz CT molecular complexity index is 1300. The fourth-order valence-corrected chi connectivity index (χ4v) is 5.57. The molecule has 1 aliphatic carbocycles. The molecule has 2 fully saturated rings. The van der Waals surface area contributed by atoms with Gasteiger partial charge in [-0.3, -0.25) is 4.79 Å². The fraction of sp³-hybridized carbons (Fsp3) is 0.296. The molecule has 2 saturated heterocycles. The Morgan fingerprint density at radius 2 is 1.18 bits per heavy atom. The summed E-state index contributed by atoms with van der Waals surface area (Å²) < 4.78 is 0. The van der Waals surface area contributed by atoms with Crippen LogP contribution in [-0.2, 0) is 0 Å². The van der Waals surface area contributed by atoms with E-state index in [1.165, 1.54) is 12.8 Å². The summed E-state index contributed by atoms with van der Waals surface area (Å²) in [4.78, 5) is 29.5. The largest absolute Gasteiger partial charge is 0.341 e. The van der Waals surface area contributed by atoms with Crippen LogP contribution in [0.5, 0.6) is 0 Å². The number of benzene rings is 2. The maximum Gasteiger partial charge on any atom is 0.194 e. The van der Waals surface area contributed by atoms with Crippen molar-refractivity contribution in [3.63, 3.8) is 0 Å². The average molecular weight is 451 g/mol. The number of imidazole rings is 2. The van der Waals surface area contributed by atoms with Gasteiger partial charge in [-0.15, -0.1) is 0 Å². The van der Waals surface area contributed by atoms with E-state index >= 15 is 0 Å². The zero-order valence-electron chi connectivity index (χ0n) is 18.8. The van der Waals surface area contributed by atoms with Crippen LogP contribution in [0.3, 0.4) is 0 Å². The first-order valence-electron chi connectivity index (χ1n) is 12.1. The Morgan fingerprint density at radius 1 is 0.676 bits per heavy atom. The van der Waals surface area contributed by atoms with Gasteiger partial charge in [0.15, 0.2) is 5.78 Å². The van der Waals surface area contributed by atoms with E-state index in [2.05, 4.69) is 54.8 Å². The van der Waals surface area contributed by atoms with Gasteiger partial charge in [-0.2, -0.15) is 0 Å². The molecule has 0 radical (unpaired) electrons. The third kappa shape index (κ3) is 3.15. The van der Waals surface area contributed by atoms with Crippen molar-refractivity contribution < 1.29 is 4.79 Å². The van der Waals surface area contributed by atoms with Gasteiger partial charge < -0.3 is 20.6 Å². The Balaban J connectivity index is 1.19. The predicted molar refractivity (Wildman–Crippen MR) is 130 cm³/mol. The molecule has 170 valence electrons. The summed E-state index contributed by atoms with van der Waals surface area (Å²) in [6.07, 6.45) is 8.29. The molecule has 4 N–H and O–H groups in total. The zero-order valence-corrected chi connectivity index (χ0v) is 18.8. The highest BCUT2D eigenvalue weighted by Gasteiger charge is 2.28. The Kier molecular flexibility index (Phi) is 4.53. The lowest BCUT2D eigenvalue weighted by Gasteiger charge is -2.06. The summed E-state index contributed by atoms with van der Waals surface area (Å²) in [5.74, 6) is 2.01. The Hall–Kier alpha value is -3.55. The third-order valence-electron chi connectivity index (χ3n) is 7.41. The van der Waals surface area contributed by atoms with Gasteiger partial charge in [0.1, 0.15) is 11.6 Å². The minimum Gasteiger partial charge on any atom is -0.341 e. The van der Waals surface area contributed by atoms with Gasteiger partial charge in [0.2, 0.25) is 0 Å². The van der Waals surface area contributed by atoms with Crippen LogP contribution in [0.4, 0.5) is 0 Å². The van der Waals surface area contributed by atoms with E-state index in [-0.39, 0.29) is 5.78 Å². The van der Waals surface area contributed by atoms with Crippen LogP contribution < -0.4 is 10.6 Å². The van der Waals surface area contributed by atoms with Crippen LogP contribution >= 0.6 is 0 Å². The van der Waals surface area contributed by atoms with Crippen LogP contribution in [-0.4, -0.2) is 38.8 Å². The number of hydrogen-bond acceptors (Lipinski definition) is 5. The SMILES string of the molecule is O=C1c2cc(-c3cnc([C@@H]4CCCN4)[nH]3)ccc2-c2ccc(-c3cnc([C@@H]4CCCN4)[nH]3)cc21. The molecule has 4 heterocycles. The minimum absolute atomic E-state index is 0.0723. The van der Waals surface area contributed by atoms with Crippen molar-refractivity contribution in [3.05, 3.63) is 71.6 Å². The van der Waals surface area contributed by atoms with Gasteiger partial charge in [0.25, 0.3) is 0 Å². The van der Waals surface area contributed by atoms with Crippen molar-refractivity contribution >= 4 is 5.78 Å². The summed E-state index contributed by atoms with van der Waals surface area (Å²) >= 11 is 0. The highest BCUT2D eigenvalue weighted by Crippen LogP contribution is 2.40. The fourth-order valence-electron chi connectivity index (χ4n) is 5.57. The third-order valence-corrected chi connectivity index (χ3v) is 7.41. The van der Waals surface area contributed by atoms with Gasteiger partial charge >= 0.3 is 0 Å². The van der Waals surface area contributed by atoms with Gasteiger partial charge in [-0.25, -0.2) is 9.97 Å². The molecule has 3 aliphatic rings. The molecule has 0 amide bonds. The second-order valence-electron chi connectivity index (χ2n) is 9.51. The molecule has 0 bridgehead atoms. The Morgan fingerprint density at radius 3 is 1.62 bits per heavy atom. The van der Waals surface area contributed by atoms with Crippen molar-refractivity contribution in [3.8, 4) is 33.6 Å². The van der Waals surface area contributed by atoms with Crippen molar-refractivity contribution in [1.29, 1.82) is 0 Å². The van der Waals surface area contributed by atoms with E-state index in [9.17, 15) is 4.79 Å². The van der Waals surface area contributed by atoms with Crippen molar-refractivity contribution in [2.45, 2.75) is 37.8 Å². The van der Waals surface area contributed by atoms with Crippen molar-refractivity contribution in [1.82, 2.24) is 30.6 Å². The molecule has 4 aromatic rings. The van der Waals surface area contributed by atoms with E-state index in [0.717, 1.165) is 82.3 Å². The number of carbonyl (C=O) groups excluding carboxylic acids is 1. The number of ketones is 1.